The van der Waals surface area contributed by atoms with E-state index >= 15 is 0 Å². The fourth-order valence-corrected chi connectivity index (χ4v) is 4.12. The Hall–Kier alpha value is -2.29. The average molecular weight is 623 g/mol. The molecule has 0 amide bonds. The molecule has 1 unspecified atom stereocenters. The van der Waals surface area contributed by atoms with Crippen LogP contribution in [-0.4, -0.2) is 15.9 Å². The first kappa shape index (κ1) is 28.7. The normalized spacial score (nSPS) is 12.1. The Bertz CT molecular complexity index is 1110. The summed E-state index contributed by atoms with van der Waals surface area (Å²) in [6, 6.07) is 14.6. The van der Waals surface area contributed by atoms with Crippen molar-refractivity contribution in [3.05, 3.63) is 76.7 Å². The molecule has 0 aliphatic carbocycles. The zero-order chi connectivity index (χ0) is 24.0. The molecule has 3 nitrogen and oxygen atoms in total. The van der Waals surface area contributed by atoms with Gasteiger partial charge < -0.3 is 10.1 Å². The fourth-order valence-electron chi connectivity index (χ4n) is 4.12. The van der Waals surface area contributed by atoms with Crippen LogP contribution >= 0.6 is 0 Å². The fraction of sp³-hybridized carbons (Fsp3) is 0.379. The van der Waals surface area contributed by atoms with Gasteiger partial charge in [0.25, 0.3) is 0 Å². The number of benzene rings is 2. The number of aromatic nitrogens is 1. The Morgan fingerprint density at radius 3 is 2.24 bits per heavy atom. The first-order valence-corrected chi connectivity index (χ1v) is 11.3. The number of fused-ring (bicyclic) bond motifs is 1. The quantitative estimate of drug-likeness (QED) is 0.178. The summed E-state index contributed by atoms with van der Waals surface area (Å²) in [4.78, 5) is 14.7. The van der Waals surface area contributed by atoms with Gasteiger partial charge >= 0.3 is 0 Å². The minimum absolute atomic E-state index is 0. The maximum absolute atomic E-state index is 10.0. The molecule has 0 aliphatic rings. The second kappa shape index (κ2) is 12.8. The van der Waals surface area contributed by atoms with Gasteiger partial charge in [-0.15, -0.1) is 34.9 Å². The number of ketones is 1. The number of hydrogen-bond donors (Lipinski definition) is 1. The molecule has 0 bridgehead atoms. The van der Waals surface area contributed by atoms with Gasteiger partial charge in [0, 0.05) is 32.4 Å². The van der Waals surface area contributed by atoms with Crippen molar-refractivity contribution in [3.63, 3.8) is 0 Å². The molecule has 1 heterocycles. The zero-order valence-electron chi connectivity index (χ0n) is 21.0. The van der Waals surface area contributed by atoms with E-state index in [0.29, 0.717) is 11.8 Å². The molecule has 1 atom stereocenters. The van der Waals surface area contributed by atoms with Gasteiger partial charge in [-0.2, -0.15) is 0 Å². The molecule has 33 heavy (non-hydrogen) atoms. The molecular formula is C29H36IrNO2-. The van der Waals surface area contributed by atoms with Crippen LogP contribution in [0.5, 0.6) is 0 Å². The first-order chi connectivity index (χ1) is 15.0. The van der Waals surface area contributed by atoms with E-state index in [-0.39, 0.29) is 31.6 Å². The molecule has 3 aromatic rings. The van der Waals surface area contributed by atoms with E-state index in [1.54, 1.807) is 0 Å². The van der Waals surface area contributed by atoms with Crippen LogP contribution in [0.4, 0.5) is 0 Å². The van der Waals surface area contributed by atoms with E-state index in [4.69, 9.17) is 10.1 Å². The Kier molecular flexibility index (Phi) is 11.2. The number of carbonyl (C=O) groups excluding carboxylic acids is 1. The predicted molar refractivity (Wildman–Crippen MR) is 135 cm³/mol. The summed E-state index contributed by atoms with van der Waals surface area (Å²) in [5.74, 6) is 1.00. The minimum atomic E-state index is -0.125. The van der Waals surface area contributed by atoms with Crippen molar-refractivity contribution in [1.29, 1.82) is 0 Å². The van der Waals surface area contributed by atoms with E-state index in [2.05, 4.69) is 77.9 Å². The van der Waals surface area contributed by atoms with E-state index in [1.165, 1.54) is 47.4 Å². The standard InChI is InChI=1S/C24H28N.C5H8O2.Ir/c1-7-18(6)20-8-9-22-21(23(20)15(2)3)10-11-25-24(22)19-13-16(4)12-17(5)14-19;1-4(6)3-5(2)7;/h8-13,15,18H,7H2,1-6H3;3,6H,1-2H3;/q-1;;. The molecule has 3 rings (SSSR count). The molecule has 1 aromatic heterocycles. The number of aliphatic hydroxyl groups excluding tert-OH is 1. The number of hydrogen-bond acceptors (Lipinski definition) is 3. The molecule has 0 saturated heterocycles. The van der Waals surface area contributed by atoms with Gasteiger partial charge in [0.2, 0.25) is 0 Å². The van der Waals surface area contributed by atoms with Crippen molar-refractivity contribution in [1.82, 2.24) is 4.98 Å². The molecule has 1 radical (unpaired) electrons. The van der Waals surface area contributed by atoms with Crippen molar-refractivity contribution in [2.45, 2.75) is 73.6 Å². The summed E-state index contributed by atoms with van der Waals surface area (Å²) in [6.45, 7) is 16.3. The van der Waals surface area contributed by atoms with Crippen molar-refractivity contribution in [2.24, 2.45) is 0 Å². The van der Waals surface area contributed by atoms with E-state index < -0.39 is 0 Å². The summed E-state index contributed by atoms with van der Waals surface area (Å²) in [5.41, 5.74) is 7.50. The molecule has 2 aromatic carbocycles. The largest absolute Gasteiger partial charge is 0.512 e. The van der Waals surface area contributed by atoms with Crippen molar-refractivity contribution in [2.75, 3.05) is 0 Å². The van der Waals surface area contributed by atoms with Crippen LogP contribution in [0.2, 0.25) is 0 Å². The van der Waals surface area contributed by atoms with Crippen LogP contribution in [0.3, 0.4) is 0 Å². The maximum atomic E-state index is 10.0. The van der Waals surface area contributed by atoms with E-state index in [0.717, 1.165) is 23.2 Å². The van der Waals surface area contributed by atoms with Gasteiger partial charge in [-0.25, -0.2) is 0 Å². The molecule has 0 fully saturated rings. The predicted octanol–water partition coefficient (Wildman–Crippen LogP) is 7.99. The number of pyridine rings is 1. The third kappa shape index (κ3) is 7.62. The molecule has 1 N–H and O–H groups in total. The van der Waals surface area contributed by atoms with Crippen LogP contribution in [0.15, 0.2) is 48.4 Å². The van der Waals surface area contributed by atoms with Crippen LogP contribution in [0.25, 0.3) is 22.0 Å². The molecule has 0 spiro atoms. The summed E-state index contributed by atoms with van der Waals surface area (Å²) in [5, 5.41) is 10.9. The maximum Gasteiger partial charge on any atom is 0.155 e. The Morgan fingerprint density at radius 2 is 1.76 bits per heavy atom. The number of aryl methyl sites for hydroxylation is 2. The van der Waals surface area contributed by atoms with E-state index in [9.17, 15) is 4.79 Å². The van der Waals surface area contributed by atoms with Crippen molar-refractivity contribution < 1.29 is 30.0 Å². The summed E-state index contributed by atoms with van der Waals surface area (Å²) >= 11 is 0. The minimum Gasteiger partial charge on any atom is -0.512 e. The third-order valence-electron chi connectivity index (χ3n) is 5.56. The van der Waals surface area contributed by atoms with Crippen LogP contribution in [-0.2, 0) is 24.9 Å². The number of nitrogens with zero attached hydrogens (tertiary/aromatic N) is 1. The summed E-state index contributed by atoms with van der Waals surface area (Å²) in [6.07, 6.45) is 4.28. The molecule has 0 aliphatic heterocycles. The zero-order valence-corrected chi connectivity index (χ0v) is 23.4. The topological polar surface area (TPSA) is 50.2 Å². The van der Waals surface area contributed by atoms with Crippen LogP contribution < -0.4 is 0 Å². The first-order valence-electron chi connectivity index (χ1n) is 11.3. The molecule has 4 heteroatoms. The number of rotatable bonds is 5. The SMILES string of the molecule is CC(=O)C=C(C)O.CCC(C)c1ccc2c(-c3[c-]c(C)cc(C)c3)nccc2c1C(C)C.[Ir]. The van der Waals surface area contributed by atoms with Gasteiger partial charge in [0.15, 0.2) is 5.78 Å². The Morgan fingerprint density at radius 1 is 1.09 bits per heavy atom. The monoisotopic (exact) mass is 623 g/mol. The number of carbonyl (C=O) groups is 1. The summed E-state index contributed by atoms with van der Waals surface area (Å²) < 4.78 is 0. The van der Waals surface area contributed by atoms with Crippen LogP contribution in [0, 0.1) is 19.9 Å². The van der Waals surface area contributed by atoms with Gasteiger partial charge in [-0.3, -0.25) is 4.79 Å². The van der Waals surface area contributed by atoms with E-state index in [1.807, 2.05) is 6.20 Å². The van der Waals surface area contributed by atoms with Gasteiger partial charge in [-0.1, -0.05) is 53.7 Å². The third-order valence-corrected chi connectivity index (χ3v) is 5.56. The second-order valence-corrected chi connectivity index (χ2v) is 8.94. The van der Waals surface area contributed by atoms with Crippen LogP contribution in [0.1, 0.15) is 82.1 Å². The Labute approximate surface area is 212 Å². The molecule has 0 saturated carbocycles. The second-order valence-electron chi connectivity index (χ2n) is 8.94. The van der Waals surface area contributed by atoms with Gasteiger partial charge in [0.1, 0.15) is 0 Å². The van der Waals surface area contributed by atoms with Crippen molar-refractivity contribution >= 4 is 16.6 Å². The van der Waals surface area contributed by atoms with Gasteiger partial charge in [0.05, 0.1) is 5.76 Å². The summed E-state index contributed by atoms with van der Waals surface area (Å²) in [7, 11) is 0. The molecule has 179 valence electrons. The number of aliphatic hydroxyl groups is 1. The number of allylic oxidation sites excluding steroid dienone is 2. The average Bonchev–Trinajstić information content (AvgIpc) is 2.70. The van der Waals surface area contributed by atoms with Gasteiger partial charge in [-0.05, 0) is 65.8 Å². The van der Waals surface area contributed by atoms with Crippen molar-refractivity contribution in [3.8, 4) is 11.3 Å². The Balaban J connectivity index is 0.000000595. The smallest absolute Gasteiger partial charge is 0.155 e. The molecular weight excluding hydrogens is 587 g/mol.